The van der Waals surface area contributed by atoms with Crippen molar-refractivity contribution in [3.05, 3.63) is 60.2 Å². The van der Waals surface area contributed by atoms with Crippen LogP contribution in [0.1, 0.15) is 25.3 Å². The molecule has 33 heavy (non-hydrogen) atoms. The summed E-state index contributed by atoms with van der Waals surface area (Å²) in [5.74, 6) is 0. The third-order valence-electron chi connectivity index (χ3n) is 5.58. The number of nitrogens with two attached hydrogens (primary N) is 1. The van der Waals surface area contributed by atoms with E-state index in [0.29, 0.717) is 11.8 Å². The molecule has 3 aromatic rings. The second-order valence-corrected chi connectivity index (χ2v) is 11.2. The molecule has 178 valence electrons. The summed E-state index contributed by atoms with van der Waals surface area (Å²) < 4.78 is 30.1. The first-order valence-electron chi connectivity index (χ1n) is 10.7. The molecular weight excluding hydrogens is 462 g/mol. The molecule has 8 nitrogen and oxygen atoms in total. The van der Waals surface area contributed by atoms with Gasteiger partial charge in [-0.25, -0.2) is 0 Å². The smallest absolute Gasteiger partial charge is 0.359 e. The van der Waals surface area contributed by atoms with Gasteiger partial charge in [-0.1, -0.05) is 24.3 Å². The van der Waals surface area contributed by atoms with Gasteiger partial charge in [-0.3, -0.25) is 9.13 Å². The third kappa shape index (κ3) is 6.04. The molecule has 1 atom stereocenters. The van der Waals surface area contributed by atoms with Crippen LogP contribution in [0.5, 0.6) is 0 Å². The van der Waals surface area contributed by atoms with E-state index in [1.54, 1.807) is 6.07 Å². The van der Waals surface area contributed by atoms with Crippen LogP contribution < -0.4 is 21.2 Å². The van der Waals surface area contributed by atoms with Crippen molar-refractivity contribution in [2.45, 2.75) is 26.7 Å². The number of aryl methyl sites for hydroxylation is 1. The Hall–Kier alpha value is -2.18. The second-order valence-electron chi connectivity index (χ2n) is 7.87. The van der Waals surface area contributed by atoms with Gasteiger partial charge in [0.1, 0.15) is 0 Å². The van der Waals surface area contributed by atoms with Gasteiger partial charge in [0.2, 0.25) is 0 Å². The molecule has 3 aromatic carbocycles. The molecule has 0 bridgehead atoms. The fourth-order valence-electron chi connectivity index (χ4n) is 3.77. The summed E-state index contributed by atoms with van der Waals surface area (Å²) >= 11 is 0. The molecule has 0 spiro atoms. The number of hydrogen-bond donors (Lipinski definition) is 4. The highest BCUT2D eigenvalue weighted by molar-refractivity contribution is 7.62. The maximum atomic E-state index is 13.0. The zero-order chi connectivity index (χ0) is 24.2. The van der Waals surface area contributed by atoms with Crippen LogP contribution in [-0.4, -0.2) is 34.4 Å². The highest BCUT2D eigenvalue weighted by atomic mass is 31.2. The van der Waals surface area contributed by atoms with Gasteiger partial charge in [-0.05, 0) is 73.4 Å². The summed E-state index contributed by atoms with van der Waals surface area (Å²) in [6, 6.07) is 14.7. The number of unbranched alkanes of at least 4 members (excludes halogenated alkanes) is 1. The van der Waals surface area contributed by atoms with Gasteiger partial charge in [0.15, 0.2) is 0 Å². The van der Waals surface area contributed by atoms with Crippen molar-refractivity contribution in [1.82, 2.24) is 0 Å². The van der Waals surface area contributed by atoms with E-state index in [-0.39, 0.29) is 22.6 Å². The molecule has 0 aliphatic carbocycles. The van der Waals surface area contributed by atoms with Crippen LogP contribution in [0.4, 0.5) is 11.4 Å². The highest BCUT2D eigenvalue weighted by Gasteiger charge is 2.27. The van der Waals surface area contributed by atoms with E-state index in [9.17, 15) is 23.8 Å². The van der Waals surface area contributed by atoms with Crippen LogP contribution >= 0.6 is 15.2 Å². The largest absolute Gasteiger partial charge is 0.399 e. The van der Waals surface area contributed by atoms with E-state index >= 15 is 0 Å². The SMILES string of the molecule is CCN(CCCCOP(=O)(O)c1cccc2c(P(=O)(O)O)cccc12)c1ccc(N)c(C)c1. The van der Waals surface area contributed by atoms with Crippen molar-refractivity contribution in [2.24, 2.45) is 0 Å². The number of rotatable bonds is 10. The molecule has 1 unspecified atom stereocenters. The van der Waals surface area contributed by atoms with E-state index in [0.717, 1.165) is 36.4 Å². The van der Waals surface area contributed by atoms with Gasteiger partial charge in [0.25, 0.3) is 0 Å². The molecule has 0 aliphatic rings. The Morgan fingerprint density at radius 1 is 0.939 bits per heavy atom. The van der Waals surface area contributed by atoms with Crippen LogP contribution in [0.15, 0.2) is 54.6 Å². The normalized spacial score (nSPS) is 13.7. The summed E-state index contributed by atoms with van der Waals surface area (Å²) in [5, 5.41) is 0.376. The Kier molecular flexibility index (Phi) is 8.01. The van der Waals surface area contributed by atoms with Gasteiger partial charge < -0.3 is 29.8 Å². The molecule has 3 rings (SSSR count). The van der Waals surface area contributed by atoms with E-state index in [4.69, 9.17) is 10.3 Å². The molecule has 0 aromatic heterocycles. The zero-order valence-corrected chi connectivity index (χ0v) is 20.5. The number of hydrogen-bond acceptors (Lipinski definition) is 5. The predicted molar refractivity (Wildman–Crippen MR) is 134 cm³/mol. The molecule has 0 saturated carbocycles. The van der Waals surface area contributed by atoms with E-state index in [1.807, 2.05) is 25.1 Å². The lowest BCUT2D eigenvalue weighted by atomic mass is 10.1. The summed E-state index contributed by atoms with van der Waals surface area (Å²) in [7, 11) is -8.72. The fourth-order valence-corrected chi connectivity index (χ4v) is 5.84. The van der Waals surface area contributed by atoms with Crippen LogP contribution in [0.25, 0.3) is 10.8 Å². The number of benzene rings is 3. The Bertz CT molecular complexity index is 1230. The molecule has 0 fully saturated rings. The number of anilines is 2. The zero-order valence-electron chi connectivity index (χ0n) is 18.7. The maximum Gasteiger partial charge on any atom is 0.359 e. The summed E-state index contributed by atoms with van der Waals surface area (Å²) in [6.07, 6.45) is 1.34. The van der Waals surface area contributed by atoms with Crippen LogP contribution in [0, 0.1) is 6.92 Å². The lowest BCUT2D eigenvalue weighted by Crippen LogP contribution is -2.24. The molecule has 0 amide bonds. The van der Waals surface area contributed by atoms with Gasteiger partial charge in [-0.15, -0.1) is 0 Å². The van der Waals surface area contributed by atoms with E-state index in [2.05, 4.69) is 11.8 Å². The Balaban J connectivity index is 1.65. The van der Waals surface area contributed by atoms with Crippen molar-refractivity contribution in [1.29, 1.82) is 0 Å². The Morgan fingerprint density at radius 2 is 1.58 bits per heavy atom. The second kappa shape index (κ2) is 10.4. The molecule has 0 aliphatic heterocycles. The number of nitrogen functional groups attached to an aromatic ring is 1. The first-order valence-corrected chi connectivity index (χ1v) is 13.9. The summed E-state index contributed by atoms with van der Waals surface area (Å²) in [4.78, 5) is 32.0. The maximum absolute atomic E-state index is 13.0. The average molecular weight is 492 g/mol. The van der Waals surface area contributed by atoms with Crippen molar-refractivity contribution < 1.29 is 28.3 Å². The third-order valence-corrected chi connectivity index (χ3v) is 8.13. The minimum atomic E-state index is -4.53. The lowest BCUT2D eigenvalue weighted by molar-refractivity contribution is 0.263. The first-order chi connectivity index (χ1) is 15.5. The standard InChI is InChI=1S/C23H30N2O6P2/c1-3-25(18-12-13-21(24)17(2)16-18)14-4-5-15-31-33(29,30)23-11-7-8-19-20(23)9-6-10-22(19)32(26,27)28/h6-13,16H,3-5,14-15,24H2,1-2H3,(H,29,30)(H2,26,27,28). The molecular formula is C23H30N2O6P2. The predicted octanol–water partition coefficient (Wildman–Crippen LogP) is 3.67. The Labute approximate surface area is 193 Å². The van der Waals surface area contributed by atoms with Crippen molar-refractivity contribution >= 4 is 47.9 Å². The van der Waals surface area contributed by atoms with Gasteiger partial charge in [0.05, 0.1) is 17.2 Å². The van der Waals surface area contributed by atoms with Crippen LogP contribution in [0.2, 0.25) is 0 Å². The first kappa shape index (κ1) is 25.4. The molecule has 0 heterocycles. The van der Waals surface area contributed by atoms with Gasteiger partial charge in [0, 0.05) is 24.5 Å². The number of fused-ring (bicyclic) bond motifs is 1. The molecule has 0 saturated heterocycles. The number of nitrogens with zero attached hydrogens (tertiary/aromatic N) is 1. The highest BCUT2D eigenvalue weighted by Crippen LogP contribution is 2.44. The van der Waals surface area contributed by atoms with E-state index in [1.165, 1.54) is 30.3 Å². The average Bonchev–Trinajstić information content (AvgIpc) is 2.76. The molecule has 0 radical (unpaired) electrons. The van der Waals surface area contributed by atoms with Crippen LogP contribution in [-0.2, 0) is 13.7 Å². The molecule has 10 heteroatoms. The monoisotopic (exact) mass is 492 g/mol. The van der Waals surface area contributed by atoms with Crippen molar-refractivity contribution in [3.8, 4) is 0 Å². The lowest BCUT2D eigenvalue weighted by Gasteiger charge is -2.24. The summed E-state index contributed by atoms with van der Waals surface area (Å²) in [5.41, 5.74) is 8.75. The van der Waals surface area contributed by atoms with Gasteiger partial charge in [-0.2, -0.15) is 0 Å². The minimum absolute atomic E-state index is 0.0304. The quantitative estimate of drug-likeness (QED) is 0.191. The van der Waals surface area contributed by atoms with Gasteiger partial charge >= 0.3 is 15.2 Å². The fraction of sp³-hybridized carbons (Fsp3) is 0.304. The molecule has 5 N–H and O–H groups in total. The van der Waals surface area contributed by atoms with Crippen molar-refractivity contribution in [2.75, 3.05) is 30.3 Å². The minimum Gasteiger partial charge on any atom is -0.399 e. The summed E-state index contributed by atoms with van der Waals surface area (Å²) in [6.45, 7) is 5.70. The van der Waals surface area contributed by atoms with Crippen molar-refractivity contribution in [3.63, 3.8) is 0 Å². The Morgan fingerprint density at radius 3 is 2.18 bits per heavy atom. The topological polar surface area (TPSA) is 133 Å². The van der Waals surface area contributed by atoms with Crippen LogP contribution in [0.3, 0.4) is 0 Å². The van der Waals surface area contributed by atoms with E-state index < -0.39 is 15.2 Å².